The van der Waals surface area contributed by atoms with Crippen molar-refractivity contribution in [3.63, 3.8) is 0 Å². The Balaban J connectivity index is 2.49. The van der Waals surface area contributed by atoms with Crippen molar-refractivity contribution in [3.8, 4) is 0 Å². The van der Waals surface area contributed by atoms with Crippen LogP contribution >= 0.6 is 0 Å². The number of hydrogen-bond acceptors (Lipinski definition) is 4. The molecule has 1 aromatic heterocycles. The van der Waals surface area contributed by atoms with Gasteiger partial charge in [-0.15, -0.1) is 0 Å². The average Bonchev–Trinajstić information content (AvgIpc) is 2.37. The van der Waals surface area contributed by atoms with Gasteiger partial charge in [0.25, 0.3) is 0 Å². The van der Waals surface area contributed by atoms with Crippen molar-refractivity contribution in [2.24, 2.45) is 0 Å². The number of rotatable bonds is 4. The number of para-hydroxylation sites is 1. The molecule has 0 fully saturated rings. The third kappa shape index (κ3) is 2.99. The highest BCUT2D eigenvalue weighted by atomic mass is 32.2. The molecule has 0 aliphatic rings. The number of pyridine rings is 1. The summed E-state index contributed by atoms with van der Waals surface area (Å²) in [7, 11) is -3.40. The first-order chi connectivity index (χ1) is 9.31. The van der Waals surface area contributed by atoms with Gasteiger partial charge < -0.3 is 5.11 Å². The zero-order chi connectivity index (χ0) is 14.9. The van der Waals surface area contributed by atoms with Crippen LogP contribution < -0.4 is 0 Å². The Morgan fingerprint density at radius 2 is 1.90 bits per heavy atom. The predicted molar refractivity (Wildman–Crippen MR) is 80.2 cm³/mol. The number of sulfone groups is 1. The molecule has 1 heterocycles. The predicted octanol–water partition coefficient (Wildman–Crippen LogP) is 2.23. The van der Waals surface area contributed by atoms with Crippen LogP contribution in [0.3, 0.4) is 0 Å². The molecule has 1 N–H and O–H groups in total. The molecule has 0 spiro atoms. The summed E-state index contributed by atoms with van der Waals surface area (Å²) in [6, 6.07) is 9.30. The third-order valence-electron chi connectivity index (χ3n) is 3.53. The van der Waals surface area contributed by atoms with E-state index < -0.39 is 21.2 Å². The van der Waals surface area contributed by atoms with Crippen LogP contribution in [0.1, 0.15) is 25.1 Å². The molecule has 1 aromatic carbocycles. The lowest BCUT2D eigenvalue weighted by Gasteiger charge is -2.16. The summed E-state index contributed by atoms with van der Waals surface area (Å²) in [4.78, 5) is 4.40. The number of aromatic nitrogens is 1. The van der Waals surface area contributed by atoms with Gasteiger partial charge in [0.15, 0.2) is 9.84 Å². The summed E-state index contributed by atoms with van der Waals surface area (Å²) < 4.78 is 24.6. The van der Waals surface area contributed by atoms with E-state index in [2.05, 4.69) is 4.98 Å². The monoisotopic (exact) mass is 293 g/mol. The normalized spacial score (nSPS) is 15.2. The van der Waals surface area contributed by atoms with Crippen molar-refractivity contribution in [1.29, 1.82) is 0 Å². The van der Waals surface area contributed by atoms with Gasteiger partial charge in [0.2, 0.25) is 0 Å². The van der Waals surface area contributed by atoms with Crippen molar-refractivity contribution in [2.75, 3.05) is 0 Å². The molecule has 2 rings (SSSR count). The van der Waals surface area contributed by atoms with Crippen LogP contribution in [0.5, 0.6) is 0 Å². The summed E-state index contributed by atoms with van der Waals surface area (Å²) in [5.41, 5.74) is 2.32. The zero-order valence-corrected chi connectivity index (χ0v) is 12.7. The van der Waals surface area contributed by atoms with Crippen molar-refractivity contribution < 1.29 is 13.5 Å². The van der Waals surface area contributed by atoms with E-state index in [9.17, 15) is 13.5 Å². The summed E-state index contributed by atoms with van der Waals surface area (Å²) in [5, 5.41) is 9.57. The summed E-state index contributed by atoms with van der Waals surface area (Å²) in [6.45, 7) is 4.88. The van der Waals surface area contributed by atoms with Crippen molar-refractivity contribution in [1.82, 2.24) is 4.98 Å². The second-order valence-electron chi connectivity index (χ2n) is 5.19. The first kappa shape index (κ1) is 14.9. The number of aryl methyl sites for hydroxylation is 1. The summed E-state index contributed by atoms with van der Waals surface area (Å²) >= 11 is 0. The Kier molecular flexibility index (Phi) is 4.11. The molecule has 0 saturated carbocycles. The smallest absolute Gasteiger partial charge is 0.159 e. The van der Waals surface area contributed by atoms with Gasteiger partial charge in [0.1, 0.15) is 0 Å². The molecule has 2 aromatic rings. The van der Waals surface area contributed by atoms with E-state index in [-0.39, 0.29) is 5.75 Å². The van der Waals surface area contributed by atoms with Crippen molar-refractivity contribution in [3.05, 3.63) is 41.6 Å². The van der Waals surface area contributed by atoms with E-state index in [0.717, 1.165) is 22.2 Å². The van der Waals surface area contributed by atoms with Crippen LogP contribution in [-0.4, -0.2) is 29.9 Å². The first-order valence-corrected chi connectivity index (χ1v) is 8.27. The molecule has 0 unspecified atom stereocenters. The lowest BCUT2D eigenvalue weighted by Crippen LogP contribution is -2.30. The first-order valence-electron chi connectivity index (χ1n) is 6.56. The van der Waals surface area contributed by atoms with Gasteiger partial charge >= 0.3 is 0 Å². The van der Waals surface area contributed by atoms with Crippen LogP contribution in [0.2, 0.25) is 0 Å². The van der Waals surface area contributed by atoms with Crippen LogP contribution in [0, 0.1) is 6.92 Å². The second-order valence-corrected chi connectivity index (χ2v) is 7.55. The average molecular weight is 293 g/mol. The Morgan fingerprint density at radius 1 is 1.25 bits per heavy atom. The number of benzene rings is 1. The van der Waals surface area contributed by atoms with E-state index in [0.29, 0.717) is 0 Å². The molecule has 4 nitrogen and oxygen atoms in total. The lowest BCUT2D eigenvalue weighted by atomic mass is 10.1. The molecule has 0 radical (unpaired) electrons. The Morgan fingerprint density at radius 3 is 2.55 bits per heavy atom. The van der Waals surface area contributed by atoms with Gasteiger partial charge in [-0.05, 0) is 38.5 Å². The van der Waals surface area contributed by atoms with E-state index in [4.69, 9.17) is 0 Å². The minimum Gasteiger partial charge on any atom is -0.392 e. The number of fused-ring (bicyclic) bond motifs is 1. The molecule has 0 saturated heterocycles. The molecule has 2 atom stereocenters. The van der Waals surface area contributed by atoms with Crippen LogP contribution in [0.15, 0.2) is 30.3 Å². The van der Waals surface area contributed by atoms with Crippen LogP contribution in [0.25, 0.3) is 10.9 Å². The van der Waals surface area contributed by atoms with Crippen molar-refractivity contribution in [2.45, 2.75) is 37.9 Å². The van der Waals surface area contributed by atoms with Gasteiger partial charge in [-0.3, -0.25) is 4.98 Å². The fourth-order valence-corrected chi connectivity index (χ4v) is 3.70. The number of hydrogen-bond donors (Lipinski definition) is 1. The van der Waals surface area contributed by atoms with E-state index in [1.54, 1.807) is 6.07 Å². The highest BCUT2D eigenvalue weighted by Gasteiger charge is 2.26. The highest BCUT2D eigenvalue weighted by Crippen LogP contribution is 2.22. The van der Waals surface area contributed by atoms with Gasteiger partial charge in [0, 0.05) is 11.1 Å². The number of aliphatic hydroxyl groups excluding tert-OH is 1. The molecule has 108 valence electrons. The molecule has 0 bridgehead atoms. The van der Waals surface area contributed by atoms with E-state index in [1.165, 1.54) is 13.8 Å². The molecule has 20 heavy (non-hydrogen) atoms. The molecular weight excluding hydrogens is 274 g/mol. The van der Waals surface area contributed by atoms with E-state index in [1.807, 2.05) is 31.2 Å². The van der Waals surface area contributed by atoms with Crippen LogP contribution in [0.4, 0.5) is 0 Å². The standard InChI is InChI=1S/C15H19NO3S/c1-10-8-13(9-20(18,19)12(3)11(2)17)14-6-4-5-7-15(14)16-10/h4-8,11-12,17H,9H2,1-3H3/t11-,12+/m1/s1. The van der Waals surface area contributed by atoms with Gasteiger partial charge in [-0.2, -0.15) is 0 Å². The topological polar surface area (TPSA) is 67.3 Å². The Bertz CT molecular complexity index is 723. The summed E-state index contributed by atoms with van der Waals surface area (Å²) in [6.07, 6.45) is -0.880. The van der Waals surface area contributed by atoms with Gasteiger partial charge in [0.05, 0.1) is 22.6 Å². The lowest BCUT2D eigenvalue weighted by molar-refractivity contribution is 0.193. The van der Waals surface area contributed by atoms with Gasteiger partial charge in [-0.25, -0.2) is 8.42 Å². The Hall–Kier alpha value is -1.46. The quantitative estimate of drug-likeness (QED) is 0.938. The maximum atomic E-state index is 12.3. The third-order valence-corrected chi connectivity index (χ3v) is 5.77. The van der Waals surface area contributed by atoms with Crippen molar-refractivity contribution >= 4 is 20.7 Å². The minimum absolute atomic E-state index is 0.0804. The molecule has 0 aliphatic heterocycles. The number of aliphatic hydroxyl groups is 1. The fraction of sp³-hybridized carbons (Fsp3) is 0.400. The SMILES string of the molecule is Cc1cc(CS(=O)(=O)[C@@H](C)[C@@H](C)O)c2ccccc2n1. The molecule has 5 heteroatoms. The maximum Gasteiger partial charge on any atom is 0.159 e. The minimum atomic E-state index is -3.40. The highest BCUT2D eigenvalue weighted by molar-refractivity contribution is 7.91. The second kappa shape index (κ2) is 5.50. The van der Waals surface area contributed by atoms with Gasteiger partial charge in [-0.1, -0.05) is 18.2 Å². The summed E-state index contributed by atoms with van der Waals surface area (Å²) in [5.74, 6) is -0.0804. The number of nitrogens with zero attached hydrogens (tertiary/aromatic N) is 1. The van der Waals surface area contributed by atoms with Crippen LogP contribution in [-0.2, 0) is 15.6 Å². The molecular formula is C15H19NO3S. The van der Waals surface area contributed by atoms with E-state index >= 15 is 0 Å². The fourth-order valence-electron chi connectivity index (χ4n) is 2.16. The maximum absolute atomic E-state index is 12.3. The molecule has 0 aliphatic carbocycles. The molecule has 0 amide bonds. The largest absolute Gasteiger partial charge is 0.392 e. The zero-order valence-electron chi connectivity index (χ0n) is 11.9. The Labute approximate surface area is 119 Å².